The molecule has 1 aromatic rings. The summed E-state index contributed by atoms with van der Waals surface area (Å²) in [7, 11) is 0. The summed E-state index contributed by atoms with van der Waals surface area (Å²) in [5.74, 6) is 0.199. The molecular formula is C19H29N3O. The van der Waals surface area contributed by atoms with E-state index < -0.39 is 0 Å². The fraction of sp³-hybridized carbons (Fsp3) is 0.632. The van der Waals surface area contributed by atoms with Gasteiger partial charge >= 0.3 is 0 Å². The molecule has 2 N–H and O–H groups in total. The zero-order valence-corrected chi connectivity index (χ0v) is 14.2. The molecule has 23 heavy (non-hydrogen) atoms. The summed E-state index contributed by atoms with van der Waals surface area (Å²) in [5.41, 5.74) is 1.05. The summed E-state index contributed by atoms with van der Waals surface area (Å²) in [6.07, 6.45) is 4.58. The van der Waals surface area contributed by atoms with Crippen LogP contribution in [-0.4, -0.2) is 43.5 Å². The molecule has 4 heteroatoms. The van der Waals surface area contributed by atoms with Gasteiger partial charge in [0.1, 0.15) is 0 Å². The lowest BCUT2D eigenvalue weighted by molar-refractivity contribution is -0.131. The first-order valence-electron chi connectivity index (χ1n) is 8.97. The molecule has 2 aliphatic rings. The molecule has 2 atom stereocenters. The lowest BCUT2D eigenvalue weighted by Crippen LogP contribution is -2.50. The second-order valence-electron chi connectivity index (χ2n) is 7.22. The van der Waals surface area contributed by atoms with Gasteiger partial charge in [0.15, 0.2) is 0 Å². The highest BCUT2D eigenvalue weighted by atomic mass is 16.2. The van der Waals surface area contributed by atoms with Crippen LogP contribution in [0.5, 0.6) is 0 Å². The quantitative estimate of drug-likeness (QED) is 0.876. The van der Waals surface area contributed by atoms with Crippen molar-refractivity contribution in [3.63, 3.8) is 0 Å². The Balaban J connectivity index is 1.65. The van der Waals surface area contributed by atoms with Crippen LogP contribution >= 0.6 is 0 Å². The van der Waals surface area contributed by atoms with Crippen LogP contribution in [0.1, 0.15) is 44.2 Å². The van der Waals surface area contributed by atoms with E-state index in [1.54, 1.807) is 0 Å². The van der Waals surface area contributed by atoms with Gasteiger partial charge in [0.2, 0.25) is 5.91 Å². The lowest BCUT2D eigenvalue weighted by Gasteiger charge is -2.34. The van der Waals surface area contributed by atoms with Gasteiger partial charge in [0.05, 0.1) is 11.5 Å². The molecule has 0 spiro atoms. The molecule has 126 valence electrons. The Morgan fingerprint density at radius 2 is 2.00 bits per heavy atom. The first kappa shape index (κ1) is 16.5. The summed E-state index contributed by atoms with van der Waals surface area (Å²) in [4.78, 5) is 15.2. The first-order valence-corrected chi connectivity index (χ1v) is 8.97. The molecule has 4 nitrogen and oxygen atoms in total. The number of piperidine rings is 1. The Bertz CT molecular complexity index is 505. The normalized spacial score (nSPS) is 26.8. The predicted molar refractivity (Wildman–Crippen MR) is 93.2 cm³/mol. The molecule has 2 heterocycles. The maximum absolute atomic E-state index is 12.7. The van der Waals surface area contributed by atoms with Crippen molar-refractivity contribution in [3.05, 3.63) is 35.9 Å². The minimum absolute atomic E-state index is 0.199. The third-order valence-corrected chi connectivity index (χ3v) is 5.37. The maximum atomic E-state index is 12.7. The van der Waals surface area contributed by atoms with Gasteiger partial charge in [0, 0.05) is 13.1 Å². The molecule has 1 amide bonds. The smallest absolute Gasteiger partial charge is 0.227 e. The highest BCUT2D eigenvalue weighted by molar-refractivity contribution is 5.82. The van der Waals surface area contributed by atoms with E-state index in [0.717, 1.165) is 39.0 Å². The van der Waals surface area contributed by atoms with Crippen LogP contribution in [0.3, 0.4) is 0 Å². The standard InChI is InChI=1S/C19H29N3O/c1-19(10-7-11-20-15-19)18(23)21-14-17(22-12-5-6-13-22)16-8-3-2-4-9-16/h2-4,8-9,17,20H,5-7,10-15H2,1H3,(H,21,23). The van der Waals surface area contributed by atoms with Crippen molar-refractivity contribution >= 4 is 5.91 Å². The van der Waals surface area contributed by atoms with E-state index in [1.807, 2.05) is 0 Å². The van der Waals surface area contributed by atoms with Gasteiger partial charge in [-0.2, -0.15) is 0 Å². The molecule has 2 saturated heterocycles. The number of benzene rings is 1. The van der Waals surface area contributed by atoms with Gasteiger partial charge in [-0.1, -0.05) is 30.3 Å². The molecule has 0 bridgehead atoms. The highest BCUT2D eigenvalue weighted by Crippen LogP contribution is 2.27. The van der Waals surface area contributed by atoms with Gasteiger partial charge in [-0.05, 0) is 57.8 Å². The number of hydrogen-bond donors (Lipinski definition) is 2. The Labute approximate surface area is 139 Å². The number of hydrogen-bond acceptors (Lipinski definition) is 3. The largest absolute Gasteiger partial charge is 0.354 e. The Hall–Kier alpha value is -1.39. The monoisotopic (exact) mass is 315 g/mol. The predicted octanol–water partition coefficient (Wildman–Crippen LogP) is 2.33. The van der Waals surface area contributed by atoms with Gasteiger partial charge in [0.25, 0.3) is 0 Å². The average molecular weight is 315 g/mol. The first-order chi connectivity index (χ1) is 11.2. The Morgan fingerprint density at radius 1 is 1.26 bits per heavy atom. The third-order valence-electron chi connectivity index (χ3n) is 5.37. The van der Waals surface area contributed by atoms with Crippen molar-refractivity contribution in [1.82, 2.24) is 15.5 Å². The van der Waals surface area contributed by atoms with Crippen LogP contribution in [0.25, 0.3) is 0 Å². The van der Waals surface area contributed by atoms with Crippen LogP contribution in [0.2, 0.25) is 0 Å². The fourth-order valence-corrected chi connectivity index (χ4v) is 3.84. The van der Waals surface area contributed by atoms with Gasteiger partial charge < -0.3 is 10.6 Å². The van der Waals surface area contributed by atoms with Crippen molar-refractivity contribution < 1.29 is 4.79 Å². The summed E-state index contributed by atoms with van der Waals surface area (Å²) in [6, 6.07) is 10.9. The number of nitrogens with one attached hydrogen (secondary N) is 2. The summed E-state index contributed by atoms with van der Waals surface area (Å²) >= 11 is 0. The van der Waals surface area contributed by atoms with Crippen LogP contribution in [-0.2, 0) is 4.79 Å². The molecule has 0 aromatic heterocycles. The van der Waals surface area contributed by atoms with Gasteiger partial charge in [-0.25, -0.2) is 0 Å². The van der Waals surface area contributed by atoms with Crippen LogP contribution < -0.4 is 10.6 Å². The molecular weight excluding hydrogens is 286 g/mol. The number of amides is 1. The number of rotatable bonds is 5. The third kappa shape index (κ3) is 3.93. The molecule has 2 aliphatic heterocycles. The molecule has 2 fully saturated rings. The Morgan fingerprint density at radius 3 is 2.65 bits per heavy atom. The number of carbonyl (C=O) groups excluding carboxylic acids is 1. The molecule has 0 radical (unpaired) electrons. The summed E-state index contributed by atoms with van der Waals surface area (Å²) < 4.78 is 0. The molecule has 3 rings (SSSR count). The minimum Gasteiger partial charge on any atom is -0.354 e. The van der Waals surface area contributed by atoms with E-state index in [2.05, 4.69) is 52.8 Å². The van der Waals surface area contributed by atoms with Crippen LogP contribution in [0, 0.1) is 5.41 Å². The topological polar surface area (TPSA) is 44.4 Å². The highest BCUT2D eigenvalue weighted by Gasteiger charge is 2.35. The van der Waals surface area contributed by atoms with E-state index in [4.69, 9.17) is 0 Å². The van der Waals surface area contributed by atoms with Crippen molar-refractivity contribution in [2.75, 3.05) is 32.7 Å². The second-order valence-corrected chi connectivity index (χ2v) is 7.22. The van der Waals surface area contributed by atoms with Crippen molar-refractivity contribution in [2.45, 2.75) is 38.6 Å². The van der Waals surface area contributed by atoms with Crippen LogP contribution in [0.15, 0.2) is 30.3 Å². The fourth-order valence-electron chi connectivity index (χ4n) is 3.84. The van der Waals surface area contributed by atoms with E-state index in [9.17, 15) is 4.79 Å². The second kappa shape index (κ2) is 7.45. The zero-order chi connectivity index (χ0) is 16.1. The summed E-state index contributed by atoms with van der Waals surface area (Å²) in [6.45, 7) is 6.88. The number of carbonyl (C=O) groups is 1. The average Bonchev–Trinajstić information content (AvgIpc) is 3.11. The van der Waals surface area contributed by atoms with E-state index in [-0.39, 0.29) is 11.3 Å². The van der Waals surface area contributed by atoms with Gasteiger partial charge in [-0.15, -0.1) is 0 Å². The number of likely N-dealkylation sites (tertiary alicyclic amines) is 1. The van der Waals surface area contributed by atoms with E-state index in [1.165, 1.54) is 18.4 Å². The minimum atomic E-state index is -0.259. The van der Waals surface area contributed by atoms with E-state index >= 15 is 0 Å². The van der Waals surface area contributed by atoms with Crippen molar-refractivity contribution in [3.8, 4) is 0 Å². The molecule has 0 aliphatic carbocycles. The molecule has 2 unspecified atom stereocenters. The van der Waals surface area contributed by atoms with Gasteiger partial charge in [-0.3, -0.25) is 9.69 Å². The zero-order valence-electron chi connectivity index (χ0n) is 14.2. The number of nitrogens with zero attached hydrogens (tertiary/aromatic N) is 1. The Kier molecular flexibility index (Phi) is 5.34. The van der Waals surface area contributed by atoms with Crippen molar-refractivity contribution in [1.29, 1.82) is 0 Å². The molecule has 0 saturated carbocycles. The van der Waals surface area contributed by atoms with Crippen LogP contribution in [0.4, 0.5) is 0 Å². The SMILES string of the molecule is CC1(C(=O)NCC(c2ccccc2)N2CCCC2)CCCNC1. The molecule has 1 aromatic carbocycles. The summed E-state index contributed by atoms with van der Waals surface area (Å²) in [5, 5.41) is 6.61. The van der Waals surface area contributed by atoms with Crippen molar-refractivity contribution in [2.24, 2.45) is 5.41 Å². The lowest BCUT2D eigenvalue weighted by atomic mass is 9.82. The van der Waals surface area contributed by atoms with E-state index in [0.29, 0.717) is 12.6 Å². The maximum Gasteiger partial charge on any atom is 0.227 e.